The maximum absolute atomic E-state index is 13.5. The topological polar surface area (TPSA) is 64.6 Å². The van der Waals surface area contributed by atoms with Gasteiger partial charge < -0.3 is 15.4 Å². The zero-order valence-electron chi connectivity index (χ0n) is 18.5. The van der Waals surface area contributed by atoms with E-state index in [9.17, 15) is 9.90 Å². The Morgan fingerprint density at radius 3 is 2.53 bits per heavy atom. The van der Waals surface area contributed by atoms with Gasteiger partial charge in [-0.05, 0) is 99.9 Å². The molecular weight excluding hydrogens is 374 g/mol. The highest BCUT2D eigenvalue weighted by atomic mass is 16.3. The number of rotatable bonds is 4. The molecule has 5 atom stereocenters. The molecule has 3 N–H and O–H groups in total. The zero-order chi connectivity index (χ0) is 20.5. The number of hydrogen-bond acceptors (Lipinski definition) is 4. The highest BCUT2D eigenvalue weighted by Crippen LogP contribution is 2.65. The fraction of sp³-hybridized carbons (Fsp3) is 0.880. The van der Waals surface area contributed by atoms with Gasteiger partial charge in [-0.2, -0.15) is 0 Å². The molecule has 0 saturated heterocycles. The Bertz CT molecular complexity index is 723. The molecular formula is C25H39N3O2. The molecule has 166 valence electrons. The van der Waals surface area contributed by atoms with E-state index in [1.807, 2.05) is 0 Å². The number of aliphatic hydroxyl groups excluding tert-OH is 1. The van der Waals surface area contributed by atoms with Crippen LogP contribution in [0.1, 0.15) is 90.4 Å². The van der Waals surface area contributed by atoms with Gasteiger partial charge in [0.15, 0.2) is 0 Å². The Labute approximate surface area is 181 Å². The number of hydrazine groups is 1. The summed E-state index contributed by atoms with van der Waals surface area (Å²) in [5.41, 5.74) is 6.14. The molecule has 0 aromatic heterocycles. The van der Waals surface area contributed by atoms with Crippen molar-refractivity contribution in [1.82, 2.24) is 15.8 Å². The van der Waals surface area contributed by atoms with Gasteiger partial charge in [0.1, 0.15) is 6.04 Å². The lowest BCUT2D eigenvalue weighted by molar-refractivity contribution is -0.125. The smallest absolute Gasteiger partial charge is 0.243 e. The van der Waals surface area contributed by atoms with Crippen LogP contribution in [-0.2, 0) is 4.79 Å². The van der Waals surface area contributed by atoms with E-state index in [2.05, 4.69) is 22.7 Å². The molecule has 5 fully saturated rings. The minimum absolute atomic E-state index is 0.138. The van der Waals surface area contributed by atoms with Gasteiger partial charge >= 0.3 is 0 Å². The number of amides is 1. The van der Waals surface area contributed by atoms with Gasteiger partial charge in [-0.3, -0.25) is 4.79 Å². The van der Waals surface area contributed by atoms with Gasteiger partial charge in [0, 0.05) is 12.1 Å². The Morgan fingerprint density at radius 1 is 1.10 bits per heavy atom. The lowest BCUT2D eigenvalue weighted by atomic mass is 9.65. The van der Waals surface area contributed by atoms with Crippen LogP contribution in [0, 0.1) is 23.2 Å². The fourth-order valence-corrected chi connectivity index (χ4v) is 8.57. The average Bonchev–Trinajstić information content (AvgIpc) is 3.35. The van der Waals surface area contributed by atoms with E-state index in [-0.39, 0.29) is 18.0 Å². The molecule has 6 aliphatic carbocycles. The van der Waals surface area contributed by atoms with Crippen molar-refractivity contribution in [1.29, 1.82) is 0 Å². The summed E-state index contributed by atoms with van der Waals surface area (Å²) >= 11 is 0. The van der Waals surface area contributed by atoms with E-state index in [1.165, 1.54) is 51.4 Å². The lowest BCUT2D eigenvalue weighted by Gasteiger charge is -2.43. The number of aliphatic hydroxyl groups is 1. The predicted molar refractivity (Wildman–Crippen MR) is 116 cm³/mol. The van der Waals surface area contributed by atoms with Crippen LogP contribution in [0.5, 0.6) is 0 Å². The minimum atomic E-state index is -0.418. The number of carbonyl (C=O) groups is 1. The van der Waals surface area contributed by atoms with Gasteiger partial charge in [0.2, 0.25) is 5.91 Å². The summed E-state index contributed by atoms with van der Waals surface area (Å²) in [4.78, 5) is 13.5. The summed E-state index contributed by atoms with van der Waals surface area (Å²) in [6, 6.07) is 0.390. The normalized spacial score (nSPS) is 43.9. The van der Waals surface area contributed by atoms with Gasteiger partial charge in [-0.25, -0.2) is 5.43 Å². The maximum Gasteiger partial charge on any atom is 0.243 e. The van der Waals surface area contributed by atoms with E-state index in [0.29, 0.717) is 11.5 Å². The Hall–Kier alpha value is -1.07. The summed E-state index contributed by atoms with van der Waals surface area (Å²) in [5.74, 6) is 2.91. The minimum Gasteiger partial charge on any atom is -0.387 e. The third-order valence-corrected chi connectivity index (χ3v) is 9.90. The van der Waals surface area contributed by atoms with Crippen LogP contribution < -0.4 is 10.7 Å². The summed E-state index contributed by atoms with van der Waals surface area (Å²) in [7, 11) is 0. The largest absolute Gasteiger partial charge is 0.387 e. The van der Waals surface area contributed by atoms with E-state index in [1.54, 1.807) is 0 Å². The zero-order valence-corrected chi connectivity index (χ0v) is 18.5. The molecule has 30 heavy (non-hydrogen) atoms. The molecule has 7 rings (SSSR count). The van der Waals surface area contributed by atoms with Gasteiger partial charge in [0.25, 0.3) is 0 Å². The maximum atomic E-state index is 13.5. The molecule has 5 saturated carbocycles. The van der Waals surface area contributed by atoms with Crippen LogP contribution in [-0.4, -0.2) is 40.3 Å². The fourth-order valence-electron chi connectivity index (χ4n) is 8.57. The molecule has 1 aliphatic heterocycles. The Balaban J connectivity index is 1.20. The average molecular weight is 414 g/mol. The molecule has 4 bridgehead atoms. The van der Waals surface area contributed by atoms with Crippen molar-refractivity contribution in [2.24, 2.45) is 23.2 Å². The van der Waals surface area contributed by atoms with Crippen LogP contribution in [0.3, 0.4) is 0 Å². The summed E-state index contributed by atoms with van der Waals surface area (Å²) in [5, 5.41) is 16.5. The van der Waals surface area contributed by atoms with Gasteiger partial charge in [0.05, 0.1) is 11.8 Å². The molecule has 5 heteroatoms. The van der Waals surface area contributed by atoms with E-state index in [4.69, 9.17) is 0 Å². The Kier molecular flexibility index (Phi) is 4.72. The first-order valence-corrected chi connectivity index (χ1v) is 12.8. The predicted octanol–water partition coefficient (Wildman–Crippen LogP) is 3.64. The quantitative estimate of drug-likeness (QED) is 0.658. The molecule has 0 spiro atoms. The molecule has 0 aromatic rings. The third-order valence-electron chi connectivity index (χ3n) is 9.90. The first-order chi connectivity index (χ1) is 14.5. The number of nitrogens with one attached hydrogen (secondary N) is 2. The monoisotopic (exact) mass is 413 g/mol. The van der Waals surface area contributed by atoms with Crippen molar-refractivity contribution in [3.63, 3.8) is 0 Å². The molecule has 1 heterocycles. The molecule has 7 aliphatic rings. The van der Waals surface area contributed by atoms with E-state index in [0.717, 1.165) is 61.1 Å². The van der Waals surface area contributed by atoms with Crippen molar-refractivity contribution in [2.45, 2.75) is 115 Å². The highest BCUT2D eigenvalue weighted by molar-refractivity contribution is 5.86. The summed E-state index contributed by atoms with van der Waals surface area (Å²) in [6.45, 7) is 2.27. The molecule has 1 amide bonds. The van der Waals surface area contributed by atoms with Crippen molar-refractivity contribution in [3.05, 3.63) is 11.3 Å². The van der Waals surface area contributed by atoms with Gasteiger partial charge in [-0.15, -0.1) is 0 Å². The van der Waals surface area contributed by atoms with Gasteiger partial charge in [-0.1, -0.05) is 19.3 Å². The van der Waals surface area contributed by atoms with E-state index >= 15 is 0 Å². The van der Waals surface area contributed by atoms with Crippen LogP contribution in [0.2, 0.25) is 0 Å². The second-order valence-electron chi connectivity index (χ2n) is 11.6. The van der Waals surface area contributed by atoms with Crippen LogP contribution >= 0.6 is 0 Å². The third kappa shape index (κ3) is 2.98. The molecule has 0 radical (unpaired) electrons. The lowest BCUT2D eigenvalue weighted by Crippen LogP contribution is -2.55. The second kappa shape index (κ2) is 7.23. The molecule has 5 nitrogen and oxygen atoms in total. The first-order valence-electron chi connectivity index (χ1n) is 12.8. The summed E-state index contributed by atoms with van der Waals surface area (Å²) in [6.07, 6.45) is 15.3. The molecule has 0 aromatic carbocycles. The van der Waals surface area contributed by atoms with Crippen molar-refractivity contribution in [2.75, 3.05) is 0 Å². The van der Waals surface area contributed by atoms with Crippen molar-refractivity contribution in [3.8, 4) is 0 Å². The Morgan fingerprint density at radius 2 is 1.83 bits per heavy atom. The standard InChI is InChI=1S/C25H39N3O2/c1-15(25-12-16-10-17(13-25)18(11-16)14-25)26-24(30)22-20-8-5-9-21(29)23(20)28(27-22)19-6-3-2-4-7-19/h15-19,21-22,27,29H,2-14H2,1H3,(H,26,30). The SMILES string of the molecule is CC(NC(=O)C1NN(C2CCCCC2)C2=C1CCCC2O)C12CC3CC(C1)C(C3)C2. The number of carbonyl (C=O) groups excluding carboxylic acids is 1. The van der Waals surface area contributed by atoms with E-state index < -0.39 is 6.10 Å². The number of hydrogen-bond donors (Lipinski definition) is 3. The second-order valence-corrected chi connectivity index (χ2v) is 11.6. The first kappa shape index (κ1) is 19.6. The van der Waals surface area contributed by atoms with Crippen LogP contribution in [0.15, 0.2) is 11.3 Å². The summed E-state index contributed by atoms with van der Waals surface area (Å²) < 4.78 is 0. The highest BCUT2D eigenvalue weighted by Gasteiger charge is 2.58. The molecule has 5 unspecified atom stereocenters. The van der Waals surface area contributed by atoms with Crippen molar-refractivity contribution >= 4 is 5.91 Å². The van der Waals surface area contributed by atoms with Crippen LogP contribution in [0.25, 0.3) is 0 Å². The van der Waals surface area contributed by atoms with Crippen LogP contribution in [0.4, 0.5) is 0 Å². The number of nitrogens with zero attached hydrogens (tertiary/aromatic N) is 1. The van der Waals surface area contributed by atoms with Crippen molar-refractivity contribution < 1.29 is 9.90 Å².